The minimum absolute atomic E-state index is 0.0486. The lowest BCUT2D eigenvalue weighted by Gasteiger charge is -2.47. The third-order valence-corrected chi connectivity index (χ3v) is 9.67. The SMILES string of the molecule is COC1(c2ccc(Cl)c(Cc3ccc(C4CCC5(CCC5)CC4)cc3)c2)CC(OC(C)=O)CC(COC(C)=O)O1. The van der Waals surface area contributed by atoms with Gasteiger partial charge in [0.1, 0.15) is 12.7 Å². The van der Waals surface area contributed by atoms with Crippen LogP contribution in [0.4, 0.5) is 0 Å². The van der Waals surface area contributed by atoms with Crippen molar-refractivity contribution in [3.63, 3.8) is 0 Å². The molecule has 1 spiro atoms. The van der Waals surface area contributed by atoms with Crippen LogP contribution in [0.1, 0.15) is 99.8 Å². The number of benzene rings is 2. The molecule has 3 unspecified atom stereocenters. The summed E-state index contributed by atoms with van der Waals surface area (Å²) in [5, 5.41) is 0.668. The topological polar surface area (TPSA) is 71.1 Å². The molecule has 1 aliphatic heterocycles. The van der Waals surface area contributed by atoms with Gasteiger partial charge in [0.2, 0.25) is 0 Å². The van der Waals surface area contributed by atoms with E-state index in [0.717, 1.165) is 11.1 Å². The molecule has 2 saturated carbocycles. The minimum Gasteiger partial charge on any atom is -0.463 e. The summed E-state index contributed by atoms with van der Waals surface area (Å²) in [5.41, 5.74) is 5.06. The Labute approximate surface area is 242 Å². The molecule has 3 fully saturated rings. The molecule has 6 nitrogen and oxygen atoms in total. The molecule has 2 aromatic carbocycles. The molecule has 7 heteroatoms. The van der Waals surface area contributed by atoms with Gasteiger partial charge < -0.3 is 18.9 Å². The fourth-order valence-electron chi connectivity index (χ4n) is 6.93. The van der Waals surface area contributed by atoms with Crippen LogP contribution >= 0.6 is 11.6 Å². The van der Waals surface area contributed by atoms with Crippen molar-refractivity contribution in [2.24, 2.45) is 5.41 Å². The van der Waals surface area contributed by atoms with Crippen molar-refractivity contribution in [2.45, 2.75) is 102 Å². The van der Waals surface area contributed by atoms with Crippen molar-refractivity contribution in [3.05, 3.63) is 69.7 Å². The number of carbonyl (C=O) groups is 2. The maximum Gasteiger partial charge on any atom is 0.302 e. The summed E-state index contributed by atoms with van der Waals surface area (Å²) in [4.78, 5) is 23.2. The van der Waals surface area contributed by atoms with Gasteiger partial charge in [0.15, 0.2) is 5.79 Å². The first-order chi connectivity index (χ1) is 19.2. The Morgan fingerprint density at radius 1 is 1.00 bits per heavy atom. The van der Waals surface area contributed by atoms with Crippen molar-refractivity contribution in [1.82, 2.24) is 0 Å². The molecule has 0 N–H and O–H groups in total. The van der Waals surface area contributed by atoms with Crippen molar-refractivity contribution >= 4 is 23.5 Å². The first-order valence-electron chi connectivity index (χ1n) is 14.6. The van der Waals surface area contributed by atoms with Gasteiger partial charge in [-0.05, 0) is 85.1 Å². The number of methoxy groups -OCH3 is 1. The van der Waals surface area contributed by atoms with E-state index < -0.39 is 24.0 Å². The molecule has 2 aromatic rings. The zero-order valence-corrected chi connectivity index (χ0v) is 24.6. The molecule has 1 heterocycles. The number of hydrogen-bond donors (Lipinski definition) is 0. The molecule has 3 atom stereocenters. The number of esters is 2. The van der Waals surface area contributed by atoms with E-state index in [1.807, 2.05) is 18.2 Å². The zero-order chi connectivity index (χ0) is 28.3. The van der Waals surface area contributed by atoms with Crippen molar-refractivity contribution < 1.29 is 28.5 Å². The van der Waals surface area contributed by atoms with E-state index in [4.69, 9.17) is 30.5 Å². The summed E-state index contributed by atoms with van der Waals surface area (Å²) >= 11 is 6.67. The smallest absolute Gasteiger partial charge is 0.302 e. The molecule has 0 aromatic heterocycles. The number of carbonyl (C=O) groups excluding carboxylic acids is 2. The highest BCUT2D eigenvalue weighted by Crippen LogP contribution is 2.54. The summed E-state index contributed by atoms with van der Waals surface area (Å²) in [6.45, 7) is 2.79. The van der Waals surface area contributed by atoms with E-state index in [0.29, 0.717) is 35.6 Å². The molecule has 40 heavy (non-hydrogen) atoms. The summed E-state index contributed by atoms with van der Waals surface area (Å²) in [5.74, 6) is -1.28. The van der Waals surface area contributed by atoms with E-state index in [2.05, 4.69) is 24.3 Å². The molecule has 0 bridgehead atoms. The van der Waals surface area contributed by atoms with Gasteiger partial charge in [-0.15, -0.1) is 0 Å². The van der Waals surface area contributed by atoms with Crippen molar-refractivity contribution in [2.75, 3.05) is 13.7 Å². The van der Waals surface area contributed by atoms with Gasteiger partial charge in [0, 0.05) is 44.4 Å². The first-order valence-corrected chi connectivity index (χ1v) is 15.0. The highest BCUT2D eigenvalue weighted by atomic mass is 35.5. The van der Waals surface area contributed by atoms with Crippen LogP contribution in [0.15, 0.2) is 42.5 Å². The third-order valence-electron chi connectivity index (χ3n) is 9.31. The monoisotopic (exact) mass is 568 g/mol. The summed E-state index contributed by atoms with van der Waals surface area (Å²) in [6, 6.07) is 14.8. The molecule has 2 aliphatic carbocycles. The molecule has 216 valence electrons. The maximum atomic E-state index is 11.8. The van der Waals surface area contributed by atoms with Crippen LogP contribution in [0, 0.1) is 5.41 Å². The molecular weight excluding hydrogens is 528 g/mol. The van der Waals surface area contributed by atoms with Crippen LogP contribution in [-0.2, 0) is 40.7 Å². The van der Waals surface area contributed by atoms with Gasteiger partial charge in [-0.1, -0.05) is 48.4 Å². The molecule has 0 amide bonds. The molecule has 5 rings (SSSR count). The van der Waals surface area contributed by atoms with Gasteiger partial charge >= 0.3 is 11.9 Å². The Balaban J connectivity index is 1.32. The zero-order valence-electron chi connectivity index (χ0n) is 23.9. The van der Waals surface area contributed by atoms with Crippen LogP contribution in [-0.4, -0.2) is 37.9 Å². The third kappa shape index (κ3) is 6.56. The normalized spacial score (nSPS) is 26.2. The van der Waals surface area contributed by atoms with Crippen molar-refractivity contribution in [1.29, 1.82) is 0 Å². The Morgan fingerprint density at radius 2 is 1.73 bits per heavy atom. The van der Waals surface area contributed by atoms with E-state index >= 15 is 0 Å². The number of halogens is 1. The number of rotatable bonds is 8. The average Bonchev–Trinajstić information content (AvgIpc) is 2.92. The molecule has 0 radical (unpaired) electrons. The highest BCUT2D eigenvalue weighted by Gasteiger charge is 2.45. The highest BCUT2D eigenvalue weighted by molar-refractivity contribution is 6.31. The fraction of sp³-hybridized carbons (Fsp3) is 0.576. The first kappa shape index (κ1) is 29.1. The van der Waals surface area contributed by atoms with E-state index in [1.165, 1.54) is 69.9 Å². The molecule has 1 saturated heterocycles. The van der Waals surface area contributed by atoms with Crippen LogP contribution in [0.3, 0.4) is 0 Å². The number of ether oxygens (including phenoxy) is 4. The van der Waals surface area contributed by atoms with Crippen LogP contribution in [0.2, 0.25) is 5.02 Å². The van der Waals surface area contributed by atoms with Gasteiger partial charge in [-0.2, -0.15) is 0 Å². The summed E-state index contributed by atoms with van der Waals surface area (Å²) in [6.07, 6.45) is 10.1. The lowest BCUT2D eigenvalue weighted by atomic mass is 9.58. The summed E-state index contributed by atoms with van der Waals surface area (Å²) in [7, 11) is 1.57. The second-order valence-corrected chi connectivity index (χ2v) is 12.4. The van der Waals surface area contributed by atoms with Gasteiger partial charge in [-0.3, -0.25) is 9.59 Å². The van der Waals surface area contributed by atoms with Gasteiger partial charge in [-0.25, -0.2) is 0 Å². The van der Waals surface area contributed by atoms with Crippen molar-refractivity contribution in [3.8, 4) is 0 Å². The Bertz CT molecular complexity index is 1200. The van der Waals surface area contributed by atoms with Gasteiger partial charge in [0.05, 0.1) is 6.10 Å². The lowest BCUT2D eigenvalue weighted by Crippen LogP contribution is -2.48. The molecular formula is C33H41ClO6. The summed E-state index contributed by atoms with van der Waals surface area (Å²) < 4.78 is 23.2. The minimum atomic E-state index is -1.18. The van der Waals surface area contributed by atoms with Crippen LogP contribution in [0.25, 0.3) is 0 Å². The van der Waals surface area contributed by atoms with Gasteiger partial charge in [0.25, 0.3) is 0 Å². The average molecular weight is 569 g/mol. The Morgan fingerprint density at radius 3 is 2.33 bits per heavy atom. The Kier molecular flexibility index (Phi) is 8.89. The van der Waals surface area contributed by atoms with E-state index in [9.17, 15) is 9.59 Å². The maximum absolute atomic E-state index is 11.8. The largest absolute Gasteiger partial charge is 0.463 e. The standard InChI is InChI=1S/C33H41ClO6/c1-22(35)38-21-30-19-29(39-23(2)36)20-33(37-3,40-30)28-9-10-31(34)27(18-28)17-24-5-7-25(8-6-24)26-11-15-32(16-12-26)13-4-14-32/h5-10,18,26,29-30H,4,11-17,19-21H2,1-3H3. The fourth-order valence-corrected chi connectivity index (χ4v) is 7.11. The Hall–Kier alpha value is -2.41. The quantitative estimate of drug-likeness (QED) is 0.313. The molecule has 3 aliphatic rings. The van der Waals surface area contributed by atoms with Crippen LogP contribution < -0.4 is 0 Å². The second-order valence-electron chi connectivity index (χ2n) is 12.0. The van der Waals surface area contributed by atoms with Crippen LogP contribution in [0.5, 0.6) is 0 Å². The van der Waals surface area contributed by atoms with E-state index in [1.54, 1.807) is 7.11 Å². The predicted molar refractivity (Wildman–Crippen MR) is 153 cm³/mol. The van der Waals surface area contributed by atoms with E-state index in [-0.39, 0.29) is 12.6 Å². The predicted octanol–water partition coefficient (Wildman–Crippen LogP) is 7.23. The second kappa shape index (κ2) is 12.2. The lowest BCUT2D eigenvalue weighted by molar-refractivity contribution is -0.300. The number of hydrogen-bond acceptors (Lipinski definition) is 6.